The molecule has 0 spiro atoms. The summed E-state index contributed by atoms with van der Waals surface area (Å²) in [5.74, 6) is 0.690. The van der Waals surface area contributed by atoms with Crippen molar-refractivity contribution in [1.29, 1.82) is 5.26 Å². The van der Waals surface area contributed by atoms with Gasteiger partial charge in [0.1, 0.15) is 0 Å². The molecule has 114 valence electrons. The molecule has 0 bridgehead atoms. The van der Waals surface area contributed by atoms with Crippen LogP contribution in [0.2, 0.25) is 0 Å². The van der Waals surface area contributed by atoms with Gasteiger partial charge < -0.3 is 10.2 Å². The molecule has 2 rings (SSSR count). The van der Waals surface area contributed by atoms with Crippen LogP contribution in [0.5, 0.6) is 0 Å². The highest BCUT2D eigenvalue weighted by molar-refractivity contribution is 5.55. The van der Waals surface area contributed by atoms with Gasteiger partial charge in [0.2, 0.25) is 0 Å². The minimum absolute atomic E-state index is 0.442. The van der Waals surface area contributed by atoms with Gasteiger partial charge in [0.25, 0.3) is 0 Å². The number of hydrogen-bond acceptors (Lipinski definition) is 3. The van der Waals surface area contributed by atoms with Crippen LogP contribution in [-0.2, 0) is 0 Å². The minimum Gasteiger partial charge on any atom is -0.382 e. The fourth-order valence-corrected chi connectivity index (χ4v) is 3.23. The number of nitriles is 1. The van der Waals surface area contributed by atoms with E-state index in [2.05, 4.69) is 37.1 Å². The van der Waals surface area contributed by atoms with Gasteiger partial charge in [-0.25, -0.2) is 0 Å². The molecule has 0 radical (unpaired) electrons. The molecule has 0 saturated carbocycles. The lowest BCUT2D eigenvalue weighted by atomic mass is 9.91. The molecule has 1 N–H and O–H groups in total. The van der Waals surface area contributed by atoms with Crippen molar-refractivity contribution < 1.29 is 0 Å². The Kier molecular flexibility index (Phi) is 5.64. The van der Waals surface area contributed by atoms with Gasteiger partial charge in [-0.2, -0.15) is 5.26 Å². The topological polar surface area (TPSA) is 39.1 Å². The molecule has 1 aliphatic heterocycles. The first-order chi connectivity index (χ1) is 10.1. The van der Waals surface area contributed by atoms with Gasteiger partial charge in [-0.05, 0) is 69.8 Å². The van der Waals surface area contributed by atoms with E-state index in [0.29, 0.717) is 12.0 Å². The molecular formula is C18H27N3. The van der Waals surface area contributed by atoms with Crippen molar-refractivity contribution in [2.24, 2.45) is 5.92 Å². The van der Waals surface area contributed by atoms with Crippen LogP contribution in [0.4, 0.5) is 5.69 Å². The maximum Gasteiger partial charge on any atom is 0.0992 e. The maximum absolute atomic E-state index is 9.05. The predicted octanol–water partition coefficient (Wildman–Crippen LogP) is 3.79. The first-order valence-electron chi connectivity index (χ1n) is 8.13. The Morgan fingerprint density at radius 2 is 2.29 bits per heavy atom. The van der Waals surface area contributed by atoms with Gasteiger partial charge >= 0.3 is 0 Å². The van der Waals surface area contributed by atoms with Crippen LogP contribution in [0.15, 0.2) is 18.2 Å². The summed E-state index contributed by atoms with van der Waals surface area (Å²) in [5, 5.41) is 12.7. The molecule has 1 fully saturated rings. The second-order valence-corrected chi connectivity index (χ2v) is 6.28. The third-order valence-corrected chi connectivity index (χ3v) is 4.54. The average Bonchev–Trinajstić information content (AvgIpc) is 2.50. The third-order valence-electron chi connectivity index (χ3n) is 4.54. The second-order valence-electron chi connectivity index (χ2n) is 6.28. The molecule has 0 aliphatic carbocycles. The Balaban J connectivity index is 2.00. The van der Waals surface area contributed by atoms with Crippen molar-refractivity contribution in [1.82, 2.24) is 4.90 Å². The van der Waals surface area contributed by atoms with E-state index in [4.69, 9.17) is 5.26 Å². The van der Waals surface area contributed by atoms with Crippen LogP contribution in [0.3, 0.4) is 0 Å². The first-order valence-corrected chi connectivity index (χ1v) is 8.13. The van der Waals surface area contributed by atoms with Crippen molar-refractivity contribution in [3.05, 3.63) is 29.3 Å². The largest absolute Gasteiger partial charge is 0.382 e. The smallest absolute Gasteiger partial charge is 0.0992 e. The number of nitrogens with zero attached hydrogens (tertiary/aromatic N) is 2. The van der Waals surface area contributed by atoms with Crippen molar-refractivity contribution in [2.45, 2.75) is 46.1 Å². The van der Waals surface area contributed by atoms with Gasteiger partial charge in [0.05, 0.1) is 11.6 Å². The summed E-state index contributed by atoms with van der Waals surface area (Å²) in [6.45, 7) is 10.3. The van der Waals surface area contributed by atoms with Crippen LogP contribution in [0.25, 0.3) is 0 Å². The maximum atomic E-state index is 9.05. The van der Waals surface area contributed by atoms with Gasteiger partial charge in [-0.15, -0.1) is 0 Å². The summed E-state index contributed by atoms with van der Waals surface area (Å²) >= 11 is 0. The van der Waals surface area contributed by atoms with Gasteiger partial charge in [0, 0.05) is 18.3 Å². The van der Waals surface area contributed by atoms with Gasteiger partial charge in [-0.3, -0.25) is 0 Å². The zero-order chi connectivity index (χ0) is 15.2. The fraction of sp³-hybridized carbons (Fsp3) is 0.611. The quantitative estimate of drug-likeness (QED) is 0.894. The summed E-state index contributed by atoms with van der Waals surface area (Å²) in [4.78, 5) is 2.59. The van der Waals surface area contributed by atoms with Crippen molar-refractivity contribution >= 4 is 5.69 Å². The van der Waals surface area contributed by atoms with E-state index < -0.39 is 0 Å². The summed E-state index contributed by atoms with van der Waals surface area (Å²) in [5.41, 5.74) is 3.04. The fourth-order valence-electron chi connectivity index (χ4n) is 3.23. The van der Waals surface area contributed by atoms with Crippen LogP contribution < -0.4 is 5.32 Å². The van der Waals surface area contributed by atoms with Gasteiger partial charge in [0.15, 0.2) is 0 Å². The number of anilines is 1. The monoisotopic (exact) mass is 285 g/mol. The first kappa shape index (κ1) is 15.9. The zero-order valence-corrected chi connectivity index (χ0v) is 13.5. The minimum atomic E-state index is 0.442. The Labute approximate surface area is 129 Å². The molecule has 0 amide bonds. The van der Waals surface area contributed by atoms with Crippen molar-refractivity contribution in [3.63, 3.8) is 0 Å². The molecule has 1 heterocycles. The normalized spacial score (nSPS) is 20.8. The molecule has 3 heteroatoms. The summed E-state index contributed by atoms with van der Waals surface area (Å²) in [6.07, 6.45) is 3.83. The lowest BCUT2D eigenvalue weighted by Gasteiger charge is -2.36. The highest BCUT2D eigenvalue weighted by atomic mass is 15.1. The number of aryl methyl sites for hydroxylation is 1. The second kappa shape index (κ2) is 7.47. The molecule has 1 saturated heterocycles. The third kappa shape index (κ3) is 4.22. The summed E-state index contributed by atoms with van der Waals surface area (Å²) in [7, 11) is 0. The van der Waals surface area contributed by atoms with E-state index in [1.165, 1.54) is 44.5 Å². The van der Waals surface area contributed by atoms with Gasteiger partial charge in [-0.1, -0.05) is 13.0 Å². The Bertz CT molecular complexity index is 502. The van der Waals surface area contributed by atoms with E-state index in [1.54, 1.807) is 0 Å². The van der Waals surface area contributed by atoms with Crippen molar-refractivity contribution in [3.8, 4) is 6.07 Å². The molecule has 0 aromatic heterocycles. The standard InChI is InChI=1S/C18H27N3/c1-4-9-21-10-5-6-17(13-21)15(3)20-18-11-16(12-19)8-7-14(18)2/h7-8,11,15,17,20H,4-6,9-10,13H2,1-3H3. The summed E-state index contributed by atoms with van der Waals surface area (Å²) < 4.78 is 0. The molecule has 2 unspecified atom stereocenters. The molecule has 1 aromatic rings. The van der Waals surface area contributed by atoms with Crippen molar-refractivity contribution in [2.75, 3.05) is 25.0 Å². The number of likely N-dealkylation sites (tertiary alicyclic amines) is 1. The lowest BCUT2D eigenvalue weighted by molar-refractivity contribution is 0.165. The predicted molar refractivity (Wildman–Crippen MR) is 88.4 cm³/mol. The molecular weight excluding hydrogens is 258 g/mol. The molecule has 21 heavy (non-hydrogen) atoms. The van der Waals surface area contributed by atoms with E-state index in [1.807, 2.05) is 18.2 Å². The Morgan fingerprint density at radius 1 is 1.48 bits per heavy atom. The SMILES string of the molecule is CCCN1CCCC(C(C)Nc2cc(C#N)ccc2C)C1. The Hall–Kier alpha value is -1.53. The van der Waals surface area contributed by atoms with Crippen LogP contribution >= 0.6 is 0 Å². The van der Waals surface area contributed by atoms with Crippen LogP contribution in [0.1, 0.15) is 44.2 Å². The number of rotatable bonds is 5. The van der Waals surface area contributed by atoms with Crippen LogP contribution in [0, 0.1) is 24.2 Å². The van der Waals surface area contributed by atoms with E-state index >= 15 is 0 Å². The lowest BCUT2D eigenvalue weighted by Crippen LogP contribution is -2.42. The number of piperidine rings is 1. The van der Waals surface area contributed by atoms with E-state index in [0.717, 1.165) is 11.3 Å². The molecule has 1 aliphatic rings. The Morgan fingerprint density at radius 3 is 3.00 bits per heavy atom. The molecule has 3 nitrogen and oxygen atoms in total. The van der Waals surface area contributed by atoms with E-state index in [-0.39, 0.29) is 0 Å². The zero-order valence-electron chi connectivity index (χ0n) is 13.5. The number of benzene rings is 1. The molecule has 1 aromatic carbocycles. The summed E-state index contributed by atoms with van der Waals surface area (Å²) in [6, 6.07) is 8.54. The average molecular weight is 285 g/mol. The van der Waals surface area contributed by atoms with E-state index in [9.17, 15) is 0 Å². The van der Waals surface area contributed by atoms with Crippen LogP contribution in [-0.4, -0.2) is 30.6 Å². The number of hydrogen-bond donors (Lipinski definition) is 1. The molecule has 2 atom stereocenters. The highest BCUT2D eigenvalue weighted by Crippen LogP contribution is 2.24. The number of nitrogens with one attached hydrogen (secondary N) is 1. The highest BCUT2D eigenvalue weighted by Gasteiger charge is 2.24.